The van der Waals surface area contributed by atoms with Gasteiger partial charge in [-0.3, -0.25) is 9.36 Å². The molecule has 4 aromatic rings. The number of rotatable bonds is 4. The van der Waals surface area contributed by atoms with Gasteiger partial charge in [-0.25, -0.2) is 4.98 Å². The Labute approximate surface area is 203 Å². The molecule has 1 aliphatic carbocycles. The zero-order valence-electron chi connectivity index (χ0n) is 17.7. The van der Waals surface area contributed by atoms with Crippen molar-refractivity contribution in [2.75, 3.05) is 0 Å². The molecule has 10 heteroatoms. The first-order chi connectivity index (χ1) is 15.6. The first-order valence-corrected chi connectivity index (χ1v) is 11.2. The normalized spacial score (nSPS) is 20.1. The molecule has 3 N–H and O–H groups in total. The van der Waals surface area contributed by atoms with Gasteiger partial charge in [0.2, 0.25) is 0 Å². The van der Waals surface area contributed by atoms with E-state index in [1.165, 1.54) is 11.3 Å². The first kappa shape index (κ1) is 24.4. The van der Waals surface area contributed by atoms with Crippen LogP contribution in [0.25, 0.3) is 31.8 Å². The number of nitrogens with two attached hydrogens (primary N) is 1. The van der Waals surface area contributed by atoms with E-state index in [1.807, 2.05) is 54.6 Å². The van der Waals surface area contributed by atoms with Crippen molar-refractivity contribution in [1.82, 2.24) is 9.55 Å². The second-order valence-electron chi connectivity index (χ2n) is 8.44. The van der Waals surface area contributed by atoms with Crippen LogP contribution < -0.4 is 11.3 Å². The van der Waals surface area contributed by atoms with Gasteiger partial charge in [-0.2, -0.15) is 13.2 Å². The lowest BCUT2D eigenvalue weighted by Gasteiger charge is -2.42. The van der Waals surface area contributed by atoms with Crippen molar-refractivity contribution in [3.63, 3.8) is 0 Å². The van der Waals surface area contributed by atoms with Crippen LogP contribution >= 0.6 is 23.7 Å². The number of hydrogen-bond donors (Lipinski definition) is 2. The molecule has 1 aliphatic rings. The lowest BCUT2D eigenvalue weighted by atomic mass is 9.70. The van der Waals surface area contributed by atoms with E-state index >= 15 is 0 Å². The number of thiophene rings is 1. The Hall–Kier alpha value is -2.72. The van der Waals surface area contributed by atoms with Crippen LogP contribution in [-0.4, -0.2) is 26.9 Å². The second-order valence-corrected chi connectivity index (χ2v) is 9.44. The van der Waals surface area contributed by atoms with Crippen LogP contribution in [0.15, 0.2) is 65.7 Å². The zero-order valence-corrected chi connectivity index (χ0v) is 19.4. The molecule has 0 bridgehead atoms. The van der Waals surface area contributed by atoms with Gasteiger partial charge in [0.05, 0.1) is 17.8 Å². The molecule has 178 valence electrons. The molecule has 34 heavy (non-hydrogen) atoms. The maximum Gasteiger partial charge on any atom is 0.406 e. The molecule has 0 aliphatic heterocycles. The number of alkyl halides is 3. The summed E-state index contributed by atoms with van der Waals surface area (Å²) < 4.78 is 39.6. The summed E-state index contributed by atoms with van der Waals surface area (Å²) in [5.74, 6) is 0. The van der Waals surface area contributed by atoms with Crippen LogP contribution in [0.4, 0.5) is 13.2 Å². The summed E-state index contributed by atoms with van der Waals surface area (Å²) in [6.45, 7) is -1.40. The van der Waals surface area contributed by atoms with E-state index in [1.54, 1.807) is 0 Å². The zero-order chi connectivity index (χ0) is 23.4. The number of halogens is 4. The van der Waals surface area contributed by atoms with Crippen LogP contribution in [0, 0.1) is 0 Å². The standard InChI is InChI=1S/C24H20F3N3O2S.ClH/c25-24(26,27)12-30-13-29-21-19(22(30)32)18(14-4-2-1-3-5-14)20(33-21)15-6-8-16(9-7-15)23(28)10-17(31)11-23;/h1-9,13,17,31H,10-12,28H2;1H. The summed E-state index contributed by atoms with van der Waals surface area (Å²) in [5.41, 5.74) is 8.10. The van der Waals surface area contributed by atoms with Crippen molar-refractivity contribution in [2.45, 2.75) is 37.2 Å². The Balaban J connectivity index is 0.00000274. The van der Waals surface area contributed by atoms with Crippen LogP contribution in [-0.2, 0) is 12.1 Å². The predicted octanol–water partition coefficient (Wildman–Crippen LogP) is 5.08. The quantitative estimate of drug-likeness (QED) is 0.403. The van der Waals surface area contributed by atoms with Crippen molar-refractivity contribution < 1.29 is 18.3 Å². The van der Waals surface area contributed by atoms with E-state index in [9.17, 15) is 23.1 Å². The summed E-state index contributed by atoms with van der Waals surface area (Å²) in [7, 11) is 0. The van der Waals surface area contributed by atoms with Gasteiger partial charge in [0.15, 0.2) is 0 Å². The maximum absolute atomic E-state index is 13.1. The number of aromatic nitrogens is 2. The average Bonchev–Trinajstić information content (AvgIpc) is 3.15. The molecule has 5 rings (SSSR count). The molecule has 0 radical (unpaired) electrons. The van der Waals surface area contributed by atoms with Gasteiger partial charge in [0, 0.05) is 16.0 Å². The van der Waals surface area contributed by atoms with Crippen LogP contribution in [0.1, 0.15) is 18.4 Å². The smallest absolute Gasteiger partial charge is 0.393 e. The molecule has 5 nitrogen and oxygen atoms in total. The monoisotopic (exact) mass is 507 g/mol. The topological polar surface area (TPSA) is 81.1 Å². The Morgan fingerprint density at radius 1 is 1.09 bits per heavy atom. The molecular formula is C24H21ClF3N3O2S. The van der Waals surface area contributed by atoms with Crippen LogP contribution in [0.3, 0.4) is 0 Å². The second kappa shape index (κ2) is 8.81. The Kier molecular flexibility index (Phi) is 6.32. The number of aliphatic hydroxyl groups is 1. The third kappa shape index (κ3) is 4.36. The summed E-state index contributed by atoms with van der Waals surface area (Å²) in [6.07, 6.45) is -2.99. The molecule has 2 heterocycles. The van der Waals surface area contributed by atoms with Crippen LogP contribution in [0.2, 0.25) is 0 Å². The molecule has 0 amide bonds. The van der Waals surface area contributed by atoms with Crippen molar-refractivity contribution in [3.05, 3.63) is 76.8 Å². The van der Waals surface area contributed by atoms with E-state index in [0.717, 1.165) is 27.9 Å². The first-order valence-electron chi connectivity index (χ1n) is 10.4. The van der Waals surface area contributed by atoms with Crippen molar-refractivity contribution in [2.24, 2.45) is 5.73 Å². The highest BCUT2D eigenvalue weighted by atomic mass is 35.5. The molecular weight excluding hydrogens is 487 g/mol. The fraction of sp³-hybridized carbons (Fsp3) is 0.250. The Morgan fingerprint density at radius 2 is 1.74 bits per heavy atom. The summed E-state index contributed by atoms with van der Waals surface area (Å²) in [4.78, 5) is 18.4. The Morgan fingerprint density at radius 3 is 2.32 bits per heavy atom. The molecule has 0 spiro atoms. The SMILES string of the molecule is Cl.NC1(c2ccc(-c3sc4ncn(CC(F)(F)F)c(=O)c4c3-c3ccccc3)cc2)CC(O)C1. The minimum absolute atomic E-state index is 0. The van der Waals surface area contributed by atoms with Crippen molar-refractivity contribution in [1.29, 1.82) is 0 Å². The molecule has 1 saturated carbocycles. The van der Waals surface area contributed by atoms with Crippen LogP contribution in [0.5, 0.6) is 0 Å². The minimum Gasteiger partial charge on any atom is -0.393 e. The van der Waals surface area contributed by atoms with E-state index < -0.39 is 29.9 Å². The number of hydrogen-bond acceptors (Lipinski definition) is 5. The van der Waals surface area contributed by atoms with Gasteiger partial charge in [-0.1, -0.05) is 54.6 Å². The van der Waals surface area contributed by atoms with Gasteiger partial charge in [-0.15, -0.1) is 23.7 Å². The molecule has 2 aromatic carbocycles. The van der Waals surface area contributed by atoms with E-state index in [-0.39, 0.29) is 17.8 Å². The average molecular weight is 508 g/mol. The molecule has 0 saturated heterocycles. The maximum atomic E-state index is 13.1. The predicted molar refractivity (Wildman–Crippen MR) is 129 cm³/mol. The molecule has 2 aromatic heterocycles. The molecule has 1 fully saturated rings. The lowest BCUT2D eigenvalue weighted by Crippen LogP contribution is -2.51. The highest BCUT2D eigenvalue weighted by Gasteiger charge is 2.41. The number of nitrogens with zero attached hydrogens (tertiary/aromatic N) is 2. The largest absolute Gasteiger partial charge is 0.406 e. The molecule has 0 unspecified atom stereocenters. The van der Waals surface area contributed by atoms with Gasteiger partial charge < -0.3 is 10.8 Å². The summed E-state index contributed by atoms with van der Waals surface area (Å²) in [6, 6.07) is 16.7. The summed E-state index contributed by atoms with van der Waals surface area (Å²) in [5, 5.41) is 9.83. The highest BCUT2D eigenvalue weighted by Crippen LogP contribution is 2.44. The van der Waals surface area contributed by atoms with Gasteiger partial charge in [0.25, 0.3) is 5.56 Å². The van der Waals surface area contributed by atoms with E-state index in [0.29, 0.717) is 27.8 Å². The minimum atomic E-state index is -4.53. The van der Waals surface area contributed by atoms with Crippen molar-refractivity contribution >= 4 is 34.0 Å². The van der Waals surface area contributed by atoms with E-state index in [4.69, 9.17) is 5.73 Å². The lowest BCUT2D eigenvalue weighted by molar-refractivity contribution is -0.141. The highest BCUT2D eigenvalue weighted by molar-refractivity contribution is 7.22. The number of fused-ring (bicyclic) bond motifs is 1. The van der Waals surface area contributed by atoms with Gasteiger partial charge in [0.1, 0.15) is 11.4 Å². The van der Waals surface area contributed by atoms with Gasteiger partial charge >= 0.3 is 6.18 Å². The third-order valence-electron chi connectivity index (χ3n) is 6.01. The third-order valence-corrected chi connectivity index (χ3v) is 7.16. The fourth-order valence-corrected chi connectivity index (χ4v) is 5.55. The van der Waals surface area contributed by atoms with Crippen molar-refractivity contribution in [3.8, 4) is 21.6 Å². The molecule has 0 atom stereocenters. The number of benzene rings is 2. The van der Waals surface area contributed by atoms with Gasteiger partial charge in [-0.05, 0) is 29.5 Å². The Bertz CT molecular complexity index is 1380. The number of aliphatic hydroxyl groups excluding tert-OH is 1. The fourth-order valence-electron chi connectivity index (χ4n) is 4.39. The summed E-state index contributed by atoms with van der Waals surface area (Å²) >= 11 is 1.27. The van der Waals surface area contributed by atoms with E-state index in [2.05, 4.69) is 4.98 Å².